The molecule has 1 amide bonds. The number of carbonyl (C=O) groups is 2. The second-order valence-electron chi connectivity index (χ2n) is 25.9. The van der Waals surface area contributed by atoms with Crippen LogP contribution < -0.4 is 36.0 Å². The molecule has 2 fully saturated rings. The Labute approximate surface area is 567 Å². The molecule has 524 valence electrons. The maximum atomic E-state index is 16.3. The zero-order valence-electron chi connectivity index (χ0n) is 55.7. The third kappa shape index (κ3) is 14.6. The summed E-state index contributed by atoms with van der Waals surface area (Å²) < 4.78 is 166. The number of amides is 1. The van der Waals surface area contributed by atoms with E-state index in [1.807, 2.05) is 60.3 Å². The van der Waals surface area contributed by atoms with Gasteiger partial charge in [-0.1, -0.05) is 40.9 Å². The second kappa shape index (κ2) is 28.5. The number of hydrogen-bond donors (Lipinski definition) is 1. The van der Waals surface area contributed by atoms with E-state index in [9.17, 15) is 28.0 Å². The molecule has 0 aliphatic carbocycles. The van der Waals surface area contributed by atoms with E-state index in [1.165, 1.54) is 24.5 Å². The molecular formula is C70H71ClF10N12O6. The Morgan fingerprint density at radius 1 is 0.596 bits per heavy atom. The summed E-state index contributed by atoms with van der Waals surface area (Å²) in [7, 11) is 0. The molecule has 10 heterocycles. The lowest BCUT2D eigenvalue weighted by molar-refractivity contribution is -0.130. The topological polar surface area (TPSA) is 196 Å². The molecule has 0 radical (unpaired) electrons. The molecule has 29 heteroatoms. The van der Waals surface area contributed by atoms with E-state index in [0.717, 1.165) is 33.4 Å². The van der Waals surface area contributed by atoms with E-state index in [1.54, 1.807) is 23.6 Å². The number of rotatable bonds is 6. The van der Waals surface area contributed by atoms with E-state index < -0.39 is 129 Å². The van der Waals surface area contributed by atoms with Crippen LogP contribution in [0.2, 0.25) is 0 Å². The molecule has 2 aromatic carbocycles. The van der Waals surface area contributed by atoms with Crippen LogP contribution in [0.1, 0.15) is 116 Å². The van der Waals surface area contributed by atoms with Crippen molar-refractivity contribution in [2.45, 2.75) is 143 Å². The summed E-state index contributed by atoms with van der Waals surface area (Å²) >= 11 is 4.87. The first-order valence-electron chi connectivity index (χ1n) is 31.9. The zero-order valence-corrected chi connectivity index (χ0v) is 56.5. The van der Waals surface area contributed by atoms with Crippen molar-refractivity contribution in [3.63, 3.8) is 0 Å². The number of aryl methyl sites for hydroxylation is 2. The standard InChI is InChI=1S/C35H35F5N6O3.C31H31F5N6O2.C4H5ClO/c1-17(2)28-30-21(10-12-41-28)9-11-35(39,40)16-49-25-8-7-23(36)27(38)26(25)29-24(37)13-22-31(43-34(48)46(30)32(22)42-29)44-14-20(6)45(15-19(44)5)33(47)18(3)4;1-15(2)25-27-18(8-10-37-25)7-9-31(35,36)14-44-22-6-5-20(32)24(34)23(22)26-21(33)11-19-28(40-30(43)42(27)29(19)39-26)41-13-16(3)38-12-17(41)4;1-3(2)4(5)6/h7-8,10,12-13,17,19-20H,3,9,11,14-16H2,1-2,4-6H3;5-6,8,10-11,15-17,38H,7,9,12-14H2,1-4H3;1H2,2H3/t19-,20+;16-,17+;/m01./s1. The predicted molar refractivity (Wildman–Crippen MR) is 355 cm³/mol. The summed E-state index contributed by atoms with van der Waals surface area (Å²) in [4.78, 5) is 83.0. The van der Waals surface area contributed by atoms with Gasteiger partial charge in [-0.3, -0.25) is 19.6 Å². The Morgan fingerprint density at radius 2 is 1.02 bits per heavy atom. The molecule has 4 bridgehead atoms. The lowest BCUT2D eigenvalue weighted by atomic mass is 9.99. The monoisotopic (exact) mass is 1400 g/mol. The van der Waals surface area contributed by atoms with E-state index in [2.05, 4.69) is 48.4 Å². The highest BCUT2D eigenvalue weighted by atomic mass is 35.5. The lowest BCUT2D eigenvalue weighted by Gasteiger charge is -2.45. The minimum absolute atomic E-state index is 0.0180. The van der Waals surface area contributed by atoms with Crippen molar-refractivity contribution in [1.82, 2.24) is 49.3 Å². The number of hydrogen-bond acceptors (Lipinski definition) is 15. The fraction of sp³-hybridized carbons (Fsp3) is 0.400. The van der Waals surface area contributed by atoms with Crippen molar-refractivity contribution in [3.05, 3.63) is 164 Å². The van der Waals surface area contributed by atoms with Crippen LogP contribution in [0.25, 0.3) is 56.0 Å². The van der Waals surface area contributed by atoms with Crippen molar-refractivity contribution >= 4 is 56.5 Å². The van der Waals surface area contributed by atoms with Crippen LogP contribution in [-0.2, 0) is 22.4 Å². The number of aromatic nitrogens is 8. The summed E-state index contributed by atoms with van der Waals surface area (Å²) in [5.41, 5.74) is -2.43. The number of benzene rings is 2. The first kappa shape index (κ1) is 72.4. The second-order valence-corrected chi connectivity index (χ2v) is 26.3. The molecule has 99 heavy (non-hydrogen) atoms. The van der Waals surface area contributed by atoms with Gasteiger partial charge in [0.25, 0.3) is 11.8 Å². The van der Waals surface area contributed by atoms with Gasteiger partial charge in [0.2, 0.25) is 11.1 Å². The quantitative estimate of drug-likeness (QED) is 0.0937. The first-order valence-corrected chi connectivity index (χ1v) is 32.3. The van der Waals surface area contributed by atoms with Gasteiger partial charge in [0.05, 0.1) is 44.7 Å². The summed E-state index contributed by atoms with van der Waals surface area (Å²) in [5, 5.41) is 3.07. The van der Waals surface area contributed by atoms with Crippen molar-refractivity contribution in [3.8, 4) is 45.4 Å². The van der Waals surface area contributed by atoms with Crippen LogP contribution in [0.4, 0.5) is 55.5 Å². The van der Waals surface area contributed by atoms with Gasteiger partial charge in [-0.05, 0) is 137 Å². The Hall–Kier alpha value is -9.31. The zero-order chi connectivity index (χ0) is 72.2. The Balaban J connectivity index is 0.000000199. The minimum atomic E-state index is -3.46. The minimum Gasteiger partial charge on any atom is -0.486 e. The molecule has 8 aromatic rings. The van der Waals surface area contributed by atoms with Crippen LogP contribution in [0.3, 0.4) is 0 Å². The Bertz CT molecular complexity index is 4670. The lowest BCUT2D eigenvalue weighted by Crippen LogP contribution is -2.58. The first-order chi connectivity index (χ1) is 46.6. The normalized spacial score (nSPS) is 18.8. The third-order valence-corrected chi connectivity index (χ3v) is 17.8. The van der Waals surface area contributed by atoms with Gasteiger partial charge in [-0.15, -0.1) is 0 Å². The predicted octanol–water partition coefficient (Wildman–Crippen LogP) is 13.2. The molecule has 4 aliphatic heterocycles. The number of carbonyl (C=O) groups excluding carboxylic acids is 2. The Kier molecular flexibility index (Phi) is 20.9. The molecule has 6 aromatic heterocycles. The van der Waals surface area contributed by atoms with Crippen molar-refractivity contribution in [2.24, 2.45) is 0 Å². The number of fused-ring (bicyclic) bond motifs is 10. The highest BCUT2D eigenvalue weighted by Gasteiger charge is 2.39. The maximum absolute atomic E-state index is 16.3. The number of pyridine rings is 4. The number of nitrogens with zero attached hydrogens (tertiary/aromatic N) is 11. The Morgan fingerprint density at radius 3 is 1.42 bits per heavy atom. The van der Waals surface area contributed by atoms with Crippen molar-refractivity contribution in [2.75, 3.05) is 49.2 Å². The van der Waals surface area contributed by atoms with Gasteiger partial charge in [-0.2, -0.15) is 9.97 Å². The molecule has 12 rings (SSSR count). The van der Waals surface area contributed by atoms with Crippen molar-refractivity contribution < 1.29 is 63.0 Å². The van der Waals surface area contributed by atoms with E-state index in [0.29, 0.717) is 58.9 Å². The van der Waals surface area contributed by atoms with Gasteiger partial charge >= 0.3 is 11.4 Å². The van der Waals surface area contributed by atoms with Crippen LogP contribution in [-0.4, -0.2) is 130 Å². The SMILES string of the molecule is C=C(C)C(=O)Cl.C=C(C)C(=O)N1C[C@H](C)N(c2nc(=O)n3c4nc(c(F)cc24)-c2c(ccc(F)c2F)OCC(F)(F)CCc2ccnc(C(C)C)c2-3)C[C@H]1C.CC(C)c1nccc2c1-n1c(=O)nc(N3C[C@@H](C)NC[C@@H]3C)c3cc(F)c(nc31)-c1c(ccc(F)c1F)OCC(F)(F)CC2. The average Bonchev–Trinajstić information content (AvgIpc) is 1.06. The van der Waals surface area contributed by atoms with Crippen molar-refractivity contribution in [1.29, 1.82) is 0 Å². The van der Waals surface area contributed by atoms with E-state index in [-0.39, 0.29) is 107 Å². The summed E-state index contributed by atoms with van der Waals surface area (Å²) in [6.07, 6.45) is 1.10. The highest BCUT2D eigenvalue weighted by Crippen LogP contribution is 2.43. The number of alkyl halides is 4. The smallest absolute Gasteiger partial charge is 0.355 e. The molecule has 4 atom stereocenters. The summed E-state index contributed by atoms with van der Waals surface area (Å²) in [5.74, 6) is -16.5. The van der Waals surface area contributed by atoms with Crippen LogP contribution in [0.5, 0.6) is 11.5 Å². The summed E-state index contributed by atoms with van der Waals surface area (Å²) in [6.45, 7) is 24.1. The fourth-order valence-corrected chi connectivity index (χ4v) is 12.4. The number of halogens is 11. The molecule has 0 saturated carbocycles. The number of nitrogens with one attached hydrogen (secondary N) is 1. The molecule has 2 saturated heterocycles. The molecule has 18 nitrogen and oxygen atoms in total. The number of piperazine rings is 2. The van der Waals surface area contributed by atoms with Crippen LogP contribution >= 0.6 is 11.6 Å². The molecular weight excluding hydrogens is 1330 g/mol. The molecule has 4 aliphatic rings. The van der Waals surface area contributed by atoms with Gasteiger partial charge < -0.3 is 29.5 Å². The number of ether oxygens (including phenoxy) is 2. The maximum Gasteiger partial charge on any atom is 0.355 e. The van der Waals surface area contributed by atoms with Crippen LogP contribution in [0.15, 0.2) is 94.8 Å². The highest BCUT2D eigenvalue weighted by molar-refractivity contribution is 6.67. The fourth-order valence-electron chi connectivity index (χ4n) is 12.4. The average molecular weight is 1400 g/mol. The van der Waals surface area contributed by atoms with Crippen LogP contribution in [0, 0.1) is 34.9 Å². The summed E-state index contributed by atoms with van der Waals surface area (Å²) in [6, 6.07) is 7.55. The van der Waals surface area contributed by atoms with Gasteiger partial charge in [0.15, 0.2) is 59.4 Å². The largest absolute Gasteiger partial charge is 0.486 e. The van der Waals surface area contributed by atoms with E-state index >= 15 is 35.1 Å². The molecule has 0 spiro atoms. The van der Waals surface area contributed by atoms with Gasteiger partial charge in [-0.25, -0.2) is 72.6 Å². The van der Waals surface area contributed by atoms with E-state index in [4.69, 9.17) is 21.1 Å². The third-order valence-electron chi connectivity index (χ3n) is 17.5. The molecule has 0 unspecified atom stereocenters. The molecule has 1 N–H and O–H groups in total. The number of allylic oxidation sites excluding steroid dienone is 1. The van der Waals surface area contributed by atoms with Gasteiger partial charge in [0.1, 0.15) is 34.5 Å². The van der Waals surface area contributed by atoms with Gasteiger partial charge in [0, 0.05) is 86.7 Å². The number of anilines is 2.